The van der Waals surface area contributed by atoms with Crippen molar-refractivity contribution < 1.29 is 9.59 Å². The molecule has 2 amide bonds. The van der Waals surface area contributed by atoms with Crippen LogP contribution >= 0.6 is 11.8 Å². The van der Waals surface area contributed by atoms with Crippen LogP contribution in [0.25, 0.3) is 0 Å². The lowest BCUT2D eigenvalue weighted by Gasteiger charge is -2.16. The Kier molecular flexibility index (Phi) is 8.28. The summed E-state index contributed by atoms with van der Waals surface area (Å²) >= 11 is 1.30. The fraction of sp³-hybridized carbons (Fsp3) is 0.308. The van der Waals surface area contributed by atoms with Gasteiger partial charge in [-0.05, 0) is 57.4 Å². The Hall–Kier alpha value is -3.39. The Morgan fingerprint density at radius 3 is 2.41 bits per heavy atom. The molecule has 0 aliphatic heterocycles. The molecule has 0 unspecified atom stereocenters. The van der Waals surface area contributed by atoms with E-state index >= 15 is 0 Å². The number of aromatic nitrogens is 3. The van der Waals surface area contributed by atoms with E-state index < -0.39 is 0 Å². The number of hydrogen-bond acceptors (Lipinski definition) is 5. The third kappa shape index (κ3) is 5.94. The average Bonchev–Trinajstić information content (AvgIpc) is 3.18. The van der Waals surface area contributed by atoms with Crippen molar-refractivity contribution in [2.24, 2.45) is 0 Å². The number of allylic oxidation sites excluding steroid dienone is 1. The summed E-state index contributed by atoms with van der Waals surface area (Å²) in [5.74, 6) is 0.508. The lowest BCUT2D eigenvalue weighted by molar-refractivity contribution is -0.113. The van der Waals surface area contributed by atoms with Gasteiger partial charge in [-0.15, -0.1) is 16.8 Å². The molecule has 8 heteroatoms. The van der Waals surface area contributed by atoms with Crippen LogP contribution in [0, 0.1) is 27.7 Å². The van der Waals surface area contributed by atoms with Crippen molar-refractivity contribution in [1.82, 2.24) is 20.1 Å². The maximum absolute atomic E-state index is 12.7. The van der Waals surface area contributed by atoms with Gasteiger partial charge in [0.15, 0.2) is 11.0 Å². The highest BCUT2D eigenvalue weighted by molar-refractivity contribution is 7.99. The van der Waals surface area contributed by atoms with Crippen molar-refractivity contribution in [3.05, 3.63) is 82.7 Å². The summed E-state index contributed by atoms with van der Waals surface area (Å²) in [7, 11) is 0. The number of rotatable bonds is 9. The van der Waals surface area contributed by atoms with Gasteiger partial charge in [-0.25, -0.2) is 0 Å². The lowest BCUT2D eigenvalue weighted by Crippen LogP contribution is -2.29. The molecule has 0 aliphatic rings. The van der Waals surface area contributed by atoms with Gasteiger partial charge in [-0.3, -0.25) is 9.59 Å². The Bertz CT molecular complexity index is 1190. The van der Waals surface area contributed by atoms with Crippen molar-refractivity contribution >= 4 is 29.3 Å². The van der Waals surface area contributed by atoms with Crippen LogP contribution in [0.2, 0.25) is 0 Å². The fourth-order valence-corrected chi connectivity index (χ4v) is 4.63. The fourth-order valence-electron chi connectivity index (χ4n) is 3.88. The van der Waals surface area contributed by atoms with Crippen LogP contribution in [0.4, 0.5) is 5.69 Å². The lowest BCUT2D eigenvalue weighted by atomic mass is 10.1. The first-order valence-electron chi connectivity index (χ1n) is 11.1. The first kappa shape index (κ1) is 25.2. The maximum atomic E-state index is 12.7. The van der Waals surface area contributed by atoms with Crippen molar-refractivity contribution in [2.75, 3.05) is 11.1 Å². The number of anilines is 1. The Labute approximate surface area is 205 Å². The Morgan fingerprint density at radius 2 is 1.76 bits per heavy atom. The molecule has 3 rings (SSSR count). The van der Waals surface area contributed by atoms with E-state index in [1.807, 2.05) is 57.4 Å². The van der Waals surface area contributed by atoms with Gasteiger partial charge in [-0.1, -0.05) is 53.7 Å². The topological polar surface area (TPSA) is 88.9 Å². The van der Waals surface area contributed by atoms with Crippen LogP contribution in [-0.2, 0) is 11.3 Å². The number of aryl methyl sites for hydroxylation is 4. The average molecular weight is 478 g/mol. The van der Waals surface area contributed by atoms with Crippen LogP contribution in [0.1, 0.15) is 51.4 Å². The molecule has 7 nitrogen and oxygen atoms in total. The standard InChI is InChI=1S/C26H31N5O2S/c1-7-12-31-24(20(6)27-25(33)21-11-9-8-10-17(21)3)29-30-26(31)34-15-22(32)28-23-18(4)13-16(2)14-19(23)5/h7-11,13-14,20H,1,12,15H2,2-6H3,(H,27,33)(H,28,32)/t20-/m0/s1. The van der Waals surface area contributed by atoms with E-state index in [1.165, 1.54) is 11.8 Å². The molecule has 3 aromatic rings. The number of thioether (sulfide) groups is 1. The maximum Gasteiger partial charge on any atom is 0.252 e. The van der Waals surface area contributed by atoms with Crippen LogP contribution in [0.15, 0.2) is 54.2 Å². The molecule has 2 aromatic carbocycles. The highest BCUT2D eigenvalue weighted by Gasteiger charge is 2.21. The van der Waals surface area contributed by atoms with Gasteiger partial charge in [0, 0.05) is 17.8 Å². The predicted molar refractivity (Wildman–Crippen MR) is 137 cm³/mol. The van der Waals surface area contributed by atoms with Gasteiger partial charge in [0.05, 0.1) is 11.8 Å². The summed E-state index contributed by atoms with van der Waals surface area (Å²) in [5, 5.41) is 15.2. The molecule has 0 saturated heterocycles. The molecule has 34 heavy (non-hydrogen) atoms. The van der Waals surface area contributed by atoms with E-state index in [9.17, 15) is 9.59 Å². The van der Waals surface area contributed by atoms with Crippen LogP contribution < -0.4 is 10.6 Å². The van der Waals surface area contributed by atoms with Crippen molar-refractivity contribution in [3.63, 3.8) is 0 Å². The van der Waals surface area contributed by atoms with E-state index in [1.54, 1.807) is 12.1 Å². The van der Waals surface area contributed by atoms with E-state index in [4.69, 9.17) is 0 Å². The second-order valence-electron chi connectivity index (χ2n) is 8.36. The number of benzene rings is 2. The molecular formula is C26H31N5O2S. The molecule has 1 atom stereocenters. The number of carbonyl (C=O) groups excluding carboxylic acids is 2. The van der Waals surface area contributed by atoms with E-state index in [-0.39, 0.29) is 23.6 Å². The molecule has 1 aromatic heterocycles. The Balaban J connectivity index is 1.70. The third-order valence-corrected chi connectivity index (χ3v) is 6.42. The summed E-state index contributed by atoms with van der Waals surface area (Å²) in [6.07, 6.45) is 1.74. The molecule has 0 bridgehead atoms. The van der Waals surface area contributed by atoms with Gasteiger partial charge in [-0.2, -0.15) is 0 Å². The molecular weight excluding hydrogens is 446 g/mol. The molecule has 1 heterocycles. The van der Waals surface area contributed by atoms with E-state index in [0.29, 0.717) is 23.1 Å². The summed E-state index contributed by atoms with van der Waals surface area (Å²) in [4.78, 5) is 25.4. The summed E-state index contributed by atoms with van der Waals surface area (Å²) < 4.78 is 1.87. The molecule has 0 fully saturated rings. The largest absolute Gasteiger partial charge is 0.342 e. The van der Waals surface area contributed by atoms with Gasteiger partial charge >= 0.3 is 0 Å². The number of hydrogen-bond donors (Lipinski definition) is 2. The summed E-state index contributed by atoms with van der Waals surface area (Å²) in [5.41, 5.74) is 5.60. The first-order chi connectivity index (χ1) is 16.2. The number of carbonyl (C=O) groups is 2. The van der Waals surface area contributed by atoms with Crippen LogP contribution in [-0.4, -0.2) is 32.3 Å². The quantitative estimate of drug-likeness (QED) is 0.337. The second-order valence-corrected chi connectivity index (χ2v) is 9.30. The Morgan fingerprint density at radius 1 is 1.09 bits per heavy atom. The summed E-state index contributed by atoms with van der Waals surface area (Å²) in [6, 6.07) is 11.2. The number of nitrogens with zero attached hydrogens (tertiary/aromatic N) is 3. The van der Waals surface area contributed by atoms with Gasteiger partial charge < -0.3 is 15.2 Å². The highest BCUT2D eigenvalue weighted by Crippen LogP contribution is 2.24. The third-order valence-electron chi connectivity index (χ3n) is 5.46. The van der Waals surface area contributed by atoms with Crippen molar-refractivity contribution in [3.8, 4) is 0 Å². The number of amides is 2. The zero-order chi connectivity index (χ0) is 24.8. The normalized spacial score (nSPS) is 11.7. The van der Waals surface area contributed by atoms with Crippen molar-refractivity contribution in [1.29, 1.82) is 0 Å². The van der Waals surface area contributed by atoms with E-state index in [2.05, 4.69) is 39.5 Å². The first-order valence-corrected chi connectivity index (χ1v) is 12.1. The SMILES string of the molecule is C=CCn1c(SCC(=O)Nc2c(C)cc(C)cc2C)nnc1[C@H](C)NC(=O)c1ccccc1C. The zero-order valence-electron chi connectivity index (χ0n) is 20.3. The smallest absolute Gasteiger partial charge is 0.252 e. The minimum absolute atomic E-state index is 0.115. The summed E-state index contributed by atoms with van der Waals surface area (Å²) in [6.45, 7) is 14.1. The molecule has 2 N–H and O–H groups in total. The molecule has 0 aliphatic carbocycles. The monoisotopic (exact) mass is 477 g/mol. The molecule has 0 saturated carbocycles. The van der Waals surface area contributed by atoms with Gasteiger partial charge in [0.2, 0.25) is 5.91 Å². The van der Waals surface area contributed by atoms with Gasteiger partial charge in [0.1, 0.15) is 0 Å². The predicted octanol–water partition coefficient (Wildman–Crippen LogP) is 4.92. The van der Waals surface area contributed by atoms with Crippen molar-refractivity contribution in [2.45, 2.75) is 52.4 Å². The minimum Gasteiger partial charge on any atom is -0.342 e. The second kappa shape index (κ2) is 11.2. The van der Waals surface area contributed by atoms with Crippen LogP contribution in [0.5, 0.6) is 0 Å². The van der Waals surface area contributed by atoms with E-state index in [0.717, 1.165) is 27.9 Å². The molecule has 0 spiro atoms. The number of nitrogens with one attached hydrogen (secondary N) is 2. The van der Waals surface area contributed by atoms with Crippen LogP contribution in [0.3, 0.4) is 0 Å². The zero-order valence-corrected chi connectivity index (χ0v) is 21.1. The minimum atomic E-state index is -0.374. The van der Waals surface area contributed by atoms with Gasteiger partial charge in [0.25, 0.3) is 5.91 Å². The molecule has 178 valence electrons. The molecule has 0 radical (unpaired) electrons. The highest BCUT2D eigenvalue weighted by atomic mass is 32.2.